The molecule has 0 aliphatic heterocycles. The van der Waals surface area contributed by atoms with Crippen LogP contribution in [0.2, 0.25) is 5.02 Å². The fourth-order valence-electron chi connectivity index (χ4n) is 1.95. The average Bonchev–Trinajstić information content (AvgIpc) is 2.79. The van der Waals surface area contributed by atoms with E-state index in [9.17, 15) is 9.90 Å². The molecule has 2 rings (SSSR count). The first-order chi connectivity index (χ1) is 9.51. The minimum atomic E-state index is -0.238. The summed E-state index contributed by atoms with van der Waals surface area (Å²) in [5, 5.41) is 16.6. The number of hydrogen-bond donors (Lipinski definition) is 2. The molecule has 0 atom stereocenters. The van der Waals surface area contributed by atoms with Crippen molar-refractivity contribution in [2.45, 2.75) is 19.9 Å². The maximum Gasteiger partial charge on any atom is 0.251 e. The van der Waals surface area contributed by atoms with Gasteiger partial charge < -0.3 is 10.4 Å². The van der Waals surface area contributed by atoms with Crippen molar-refractivity contribution >= 4 is 17.5 Å². The fourth-order valence-corrected chi connectivity index (χ4v) is 2.14. The number of aromatic hydroxyl groups is 1. The summed E-state index contributed by atoms with van der Waals surface area (Å²) in [6, 6.07) is 4.37. The van der Waals surface area contributed by atoms with Gasteiger partial charge in [-0.05, 0) is 24.6 Å². The number of aryl methyl sites for hydroxylation is 2. The molecule has 1 heterocycles. The van der Waals surface area contributed by atoms with Gasteiger partial charge in [-0.1, -0.05) is 18.5 Å². The van der Waals surface area contributed by atoms with Gasteiger partial charge in [-0.15, -0.1) is 0 Å². The average molecular weight is 294 g/mol. The standard InChI is InChI=1S/C14H16ClN3O2/c1-3-12-10(8-18(2)17-12)7-16-14(20)9-4-5-13(19)11(15)6-9/h4-6,8,19H,3,7H2,1-2H3,(H,16,20). The molecule has 5 nitrogen and oxygen atoms in total. The van der Waals surface area contributed by atoms with Crippen LogP contribution in [0.3, 0.4) is 0 Å². The number of benzene rings is 1. The zero-order valence-electron chi connectivity index (χ0n) is 11.4. The van der Waals surface area contributed by atoms with Gasteiger partial charge in [0.2, 0.25) is 0 Å². The summed E-state index contributed by atoms with van der Waals surface area (Å²) in [5.41, 5.74) is 2.37. The summed E-state index contributed by atoms with van der Waals surface area (Å²) in [6.07, 6.45) is 2.71. The van der Waals surface area contributed by atoms with Crippen molar-refractivity contribution in [3.63, 3.8) is 0 Å². The number of halogens is 1. The van der Waals surface area contributed by atoms with Gasteiger partial charge in [-0.25, -0.2) is 0 Å². The van der Waals surface area contributed by atoms with E-state index in [1.54, 1.807) is 4.68 Å². The van der Waals surface area contributed by atoms with Gasteiger partial charge in [-0.3, -0.25) is 9.48 Å². The maximum atomic E-state index is 12.0. The molecule has 0 spiro atoms. The second kappa shape index (κ2) is 5.96. The van der Waals surface area contributed by atoms with E-state index in [4.69, 9.17) is 11.6 Å². The zero-order chi connectivity index (χ0) is 14.7. The van der Waals surface area contributed by atoms with E-state index in [-0.39, 0.29) is 16.7 Å². The smallest absolute Gasteiger partial charge is 0.251 e. The highest BCUT2D eigenvalue weighted by Gasteiger charge is 2.10. The minimum Gasteiger partial charge on any atom is -0.506 e. The molecule has 0 aliphatic rings. The van der Waals surface area contributed by atoms with Gasteiger partial charge in [0.1, 0.15) is 5.75 Å². The molecule has 20 heavy (non-hydrogen) atoms. The predicted octanol–water partition coefficient (Wildman–Crippen LogP) is 2.27. The molecular formula is C14H16ClN3O2. The number of nitrogens with one attached hydrogen (secondary N) is 1. The third-order valence-corrected chi connectivity index (χ3v) is 3.28. The lowest BCUT2D eigenvalue weighted by atomic mass is 10.2. The normalized spacial score (nSPS) is 10.6. The first-order valence-electron chi connectivity index (χ1n) is 6.29. The van der Waals surface area contributed by atoms with Crippen LogP contribution in [0.4, 0.5) is 0 Å². The topological polar surface area (TPSA) is 67.2 Å². The van der Waals surface area contributed by atoms with Crippen molar-refractivity contribution in [1.82, 2.24) is 15.1 Å². The molecule has 6 heteroatoms. The first kappa shape index (κ1) is 14.4. The molecule has 1 aromatic carbocycles. The van der Waals surface area contributed by atoms with Crippen molar-refractivity contribution < 1.29 is 9.90 Å². The highest BCUT2D eigenvalue weighted by atomic mass is 35.5. The second-order valence-corrected chi connectivity index (χ2v) is 4.88. The van der Waals surface area contributed by atoms with Crippen molar-refractivity contribution in [1.29, 1.82) is 0 Å². The third kappa shape index (κ3) is 3.11. The Hall–Kier alpha value is -2.01. The van der Waals surface area contributed by atoms with Crippen molar-refractivity contribution in [2.24, 2.45) is 7.05 Å². The highest BCUT2D eigenvalue weighted by Crippen LogP contribution is 2.23. The van der Waals surface area contributed by atoms with E-state index in [2.05, 4.69) is 10.4 Å². The number of phenolic OH excluding ortho intramolecular Hbond substituents is 1. The third-order valence-electron chi connectivity index (χ3n) is 2.98. The molecule has 1 amide bonds. The fraction of sp³-hybridized carbons (Fsp3) is 0.286. The molecule has 0 aliphatic carbocycles. The Morgan fingerprint density at radius 3 is 2.90 bits per heavy atom. The highest BCUT2D eigenvalue weighted by molar-refractivity contribution is 6.32. The van der Waals surface area contributed by atoms with E-state index in [0.29, 0.717) is 12.1 Å². The molecule has 0 bridgehead atoms. The summed E-state index contributed by atoms with van der Waals surface area (Å²) in [6.45, 7) is 2.43. The molecular weight excluding hydrogens is 278 g/mol. The SMILES string of the molecule is CCc1nn(C)cc1CNC(=O)c1ccc(O)c(Cl)c1. The monoisotopic (exact) mass is 293 g/mol. The molecule has 2 aromatic rings. The van der Waals surface area contributed by atoms with Gasteiger partial charge >= 0.3 is 0 Å². The Labute approximate surface area is 122 Å². The van der Waals surface area contributed by atoms with Crippen LogP contribution in [0.25, 0.3) is 0 Å². The summed E-state index contributed by atoms with van der Waals surface area (Å²) in [5.74, 6) is -0.276. The zero-order valence-corrected chi connectivity index (χ0v) is 12.1. The van der Waals surface area contributed by atoms with E-state index in [1.165, 1.54) is 18.2 Å². The van der Waals surface area contributed by atoms with E-state index < -0.39 is 0 Å². The van der Waals surface area contributed by atoms with Crippen molar-refractivity contribution in [2.75, 3.05) is 0 Å². The van der Waals surface area contributed by atoms with Crippen LogP contribution in [0, 0.1) is 0 Å². The lowest BCUT2D eigenvalue weighted by Crippen LogP contribution is -2.23. The summed E-state index contributed by atoms with van der Waals surface area (Å²) in [7, 11) is 1.85. The minimum absolute atomic E-state index is 0.0382. The number of phenols is 1. The maximum absolute atomic E-state index is 12.0. The summed E-state index contributed by atoms with van der Waals surface area (Å²) in [4.78, 5) is 12.0. The second-order valence-electron chi connectivity index (χ2n) is 4.48. The Kier molecular flexibility index (Phi) is 4.29. The number of carbonyl (C=O) groups excluding carboxylic acids is 1. The van der Waals surface area contributed by atoms with Crippen LogP contribution in [0.1, 0.15) is 28.5 Å². The Balaban J connectivity index is 2.06. The molecule has 1 aromatic heterocycles. The van der Waals surface area contributed by atoms with Crippen molar-refractivity contribution in [3.05, 3.63) is 46.2 Å². The summed E-state index contributed by atoms with van der Waals surface area (Å²) >= 11 is 5.78. The summed E-state index contributed by atoms with van der Waals surface area (Å²) < 4.78 is 1.73. The van der Waals surface area contributed by atoms with Crippen LogP contribution in [0.5, 0.6) is 5.75 Å². The number of aromatic nitrogens is 2. The van der Waals surface area contributed by atoms with Crippen LogP contribution in [-0.2, 0) is 20.0 Å². The van der Waals surface area contributed by atoms with E-state index in [1.807, 2.05) is 20.2 Å². The van der Waals surface area contributed by atoms with Crippen molar-refractivity contribution in [3.8, 4) is 5.75 Å². The van der Waals surface area contributed by atoms with E-state index >= 15 is 0 Å². The first-order valence-corrected chi connectivity index (χ1v) is 6.67. The Bertz CT molecular complexity index is 637. The number of hydrogen-bond acceptors (Lipinski definition) is 3. The predicted molar refractivity (Wildman–Crippen MR) is 76.9 cm³/mol. The Morgan fingerprint density at radius 2 is 2.25 bits per heavy atom. The van der Waals surface area contributed by atoms with Gasteiger partial charge in [0.15, 0.2) is 0 Å². The molecule has 0 fully saturated rings. The van der Waals surface area contributed by atoms with Gasteiger partial charge in [0.25, 0.3) is 5.91 Å². The molecule has 2 N–H and O–H groups in total. The number of rotatable bonds is 4. The van der Waals surface area contributed by atoms with Gasteiger partial charge in [0, 0.05) is 30.9 Å². The molecule has 106 valence electrons. The van der Waals surface area contributed by atoms with E-state index in [0.717, 1.165) is 17.7 Å². The number of amides is 1. The van der Waals surface area contributed by atoms with Crippen LogP contribution >= 0.6 is 11.6 Å². The van der Waals surface area contributed by atoms with Crippen LogP contribution < -0.4 is 5.32 Å². The largest absolute Gasteiger partial charge is 0.506 e. The van der Waals surface area contributed by atoms with Gasteiger partial charge in [0.05, 0.1) is 10.7 Å². The molecule has 0 saturated heterocycles. The number of carbonyl (C=O) groups is 1. The lowest BCUT2D eigenvalue weighted by Gasteiger charge is -2.06. The van der Waals surface area contributed by atoms with Crippen LogP contribution in [0.15, 0.2) is 24.4 Å². The van der Waals surface area contributed by atoms with Crippen LogP contribution in [-0.4, -0.2) is 20.8 Å². The molecule has 0 saturated carbocycles. The molecule has 0 radical (unpaired) electrons. The van der Waals surface area contributed by atoms with Gasteiger partial charge in [-0.2, -0.15) is 5.10 Å². The lowest BCUT2D eigenvalue weighted by molar-refractivity contribution is 0.0951. The quantitative estimate of drug-likeness (QED) is 0.909. The number of nitrogens with zero attached hydrogens (tertiary/aromatic N) is 2. The molecule has 0 unspecified atom stereocenters. The Morgan fingerprint density at radius 1 is 1.50 bits per heavy atom.